The van der Waals surface area contributed by atoms with Crippen LogP contribution in [0, 0.1) is 11.3 Å². The molecule has 0 bridgehead atoms. The Morgan fingerprint density at radius 1 is 1.29 bits per heavy atom. The quantitative estimate of drug-likeness (QED) is 0.674. The van der Waals surface area contributed by atoms with E-state index in [1.165, 1.54) is 0 Å². The second-order valence-electron chi connectivity index (χ2n) is 9.09. The van der Waals surface area contributed by atoms with E-state index in [4.69, 9.17) is 4.74 Å². The lowest BCUT2D eigenvalue weighted by Crippen LogP contribution is -2.51. The van der Waals surface area contributed by atoms with Gasteiger partial charge in [0.25, 0.3) is 0 Å². The number of piperidine rings is 1. The SMILES string of the molecule is Cn1cc(-c2ccc3cnc(NC(=O)C4CCN(CC5(C)COC5)CC4)nc3c2)nn1. The highest BCUT2D eigenvalue weighted by Crippen LogP contribution is 2.30. The van der Waals surface area contributed by atoms with Crippen LogP contribution >= 0.6 is 0 Å². The summed E-state index contributed by atoms with van der Waals surface area (Å²) in [4.78, 5) is 24.1. The fourth-order valence-electron chi connectivity index (χ4n) is 4.37. The maximum Gasteiger partial charge on any atom is 0.229 e. The first-order valence-corrected chi connectivity index (χ1v) is 10.7. The minimum atomic E-state index is -0.00748. The van der Waals surface area contributed by atoms with Crippen molar-refractivity contribution in [3.05, 3.63) is 30.6 Å². The van der Waals surface area contributed by atoms with Crippen LogP contribution in [0.3, 0.4) is 0 Å². The number of rotatable bonds is 5. The first kappa shape index (κ1) is 20.0. The maximum atomic E-state index is 12.8. The molecule has 2 aromatic heterocycles. The molecule has 0 atom stereocenters. The Bertz CT molecular complexity index is 1100. The van der Waals surface area contributed by atoms with Crippen LogP contribution in [0.5, 0.6) is 0 Å². The number of ether oxygens (including phenoxy) is 1. The van der Waals surface area contributed by atoms with Crippen molar-refractivity contribution in [2.45, 2.75) is 19.8 Å². The molecule has 1 N–H and O–H groups in total. The van der Waals surface area contributed by atoms with Gasteiger partial charge in [0.2, 0.25) is 11.9 Å². The van der Waals surface area contributed by atoms with Crippen molar-refractivity contribution in [1.29, 1.82) is 0 Å². The zero-order valence-corrected chi connectivity index (χ0v) is 17.9. The Kier molecular flexibility index (Phi) is 5.15. The van der Waals surface area contributed by atoms with E-state index in [9.17, 15) is 4.79 Å². The van der Waals surface area contributed by atoms with E-state index in [1.54, 1.807) is 10.9 Å². The van der Waals surface area contributed by atoms with Crippen LogP contribution in [0.2, 0.25) is 0 Å². The molecular weight excluding hydrogens is 394 g/mol. The Hall–Kier alpha value is -2.91. The van der Waals surface area contributed by atoms with E-state index >= 15 is 0 Å². The molecule has 2 fully saturated rings. The van der Waals surface area contributed by atoms with Crippen molar-refractivity contribution < 1.29 is 9.53 Å². The molecule has 31 heavy (non-hydrogen) atoms. The summed E-state index contributed by atoms with van der Waals surface area (Å²) in [6, 6.07) is 5.87. The molecular formula is C22H27N7O2. The lowest BCUT2D eigenvalue weighted by molar-refractivity contribution is -0.125. The van der Waals surface area contributed by atoms with E-state index in [-0.39, 0.29) is 17.2 Å². The number of amides is 1. The van der Waals surface area contributed by atoms with E-state index in [1.807, 2.05) is 31.4 Å². The molecule has 0 aliphatic carbocycles. The summed E-state index contributed by atoms with van der Waals surface area (Å²) >= 11 is 0. The number of anilines is 1. The minimum Gasteiger partial charge on any atom is -0.380 e. The van der Waals surface area contributed by atoms with Gasteiger partial charge in [0.05, 0.1) is 24.9 Å². The molecule has 5 rings (SSSR count). The first-order chi connectivity index (χ1) is 15.0. The number of benzene rings is 1. The second-order valence-corrected chi connectivity index (χ2v) is 9.09. The van der Waals surface area contributed by atoms with Gasteiger partial charge in [-0.15, -0.1) is 5.10 Å². The van der Waals surface area contributed by atoms with Crippen LogP contribution in [-0.4, -0.2) is 68.6 Å². The summed E-state index contributed by atoms with van der Waals surface area (Å²) in [5.41, 5.74) is 2.74. The Balaban J connectivity index is 1.23. The average molecular weight is 422 g/mol. The van der Waals surface area contributed by atoms with Gasteiger partial charge in [-0.1, -0.05) is 24.3 Å². The number of likely N-dealkylation sites (tertiary alicyclic amines) is 1. The lowest BCUT2D eigenvalue weighted by Gasteiger charge is -2.43. The molecule has 9 nitrogen and oxygen atoms in total. The van der Waals surface area contributed by atoms with Gasteiger partial charge in [-0.3, -0.25) is 14.8 Å². The molecule has 0 unspecified atom stereocenters. The maximum absolute atomic E-state index is 12.8. The number of aromatic nitrogens is 5. The van der Waals surface area contributed by atoms with Crippen LogP contribution in [0.25, 0.3) is 22.2 Å². The third kappa shape index (κ3) is 4.28. The molecule has 2 saturated heterocycles. The van der Waals surface area contributed by atoms with E-state index < -0.39 is 0 Å². The number of nitrogens with one attached hydrogen (secondary N) is 1. The summed E-state index contributed by atoms with van der Waals surface area (Å²) in [5.74, 6) is 0.338. The Morgan fingerprint density at radius 2 is 2.10 bits per heavy atom. The monoisotopic (exact) mass is 421 g/mol. The van der Waals surface area contributed by atoms with Gasteiger partial charge >= 0.3 is 0 Å². The standard InChI is InChI=1S/C22H27N7O2/c1-22(13-31-14-22)12-29-7-5-15(6-8-29)20(30)25-21-23-10-17-4-3-16(9-18(17)24-21)19-11-28(2)27-26-19/h3-4,9-11,15H,5-8,12-14H2,1-2H3,(H,23,24,25,30). The third-order valence-corrected chi connectivity index (χ3v) is 6.18. The normalized spacial score (nSPS) is 19.3. The fraction of sp³-hybridized carbons (Fsp3) is 0.500. The lowest BCUT2D eigenvalue weighted by atomic mass is 9.86. The molecule has 1 amide bonds. The van der Waals surface area contributed by atoms with E-state index in [2.05, 4.69) is 37.4 Å². The molecule has 0 spiro atoms. The topological polar surface area (TPSA) is 98.1 Å². The van der Waals surface area contributed by atoms with Gasteiger partial charge < -0.3 is 9.64 Å². The van der Waals surface area contributed by atoms with Crippen LogP contribution in [0.1, 0.15) is 19.8 Å². The van der Waals surface area contributed by atoms with Crippen molar-refractivity contribution >= 4 is 22.8 Å². The van der Waals surface area contributed by atoms with Gasteiger partial charge in [-0.05, 0) is 32.0 Å². The number of carbonyl (C=O) groups is 1. The zero-order valence-electron chi connectivity index (χ0n) is 17.9. The van der Waals surface area contributed by atoms with E-state index in [0.29, 0.717) is 5.95 Å². The molecule has 2 aliphatic rings. The molecule has 9 heteroatoms. The number of aryl methyl sites for hydroxylation is 1. The van der Waals surface area contributed by atoms with Gasteiger partial charge in [0, 0.05) is 42.1 Å². The number of fused-ring (bicyclic) bond motifs is 1. The zero-order chi connectivity index (χ0) is 21.4. The number of carbonyl (C=O) groups excluding carboxylic acids is 1. The van der Waals surface area contributed by atoms with Crippen molar-refractivity contribution in [3.8, 4) is 11.3 Å². The molecule has 162 valence electrons. The molecule has 0 saturated carbocycles. The number of nitrogens with zero attached hydrogens (tertiary/aromatic N) is 6. The molecule has 1 aromatic carbocycles. The number of hydrogen-bond donors (Lipinski definition) is 1. The van der Waals surface area contributed by atoms with Crippen LogP contribution in [0.15, 0.2) is 30.6 Å². The highest BCUT2D eigenvalue weighted by atomic mass is 16.5. The smallest absolute Gasteiger partial charge is 0.229 e. The third-order valence-electron chi connectivity index (χ3n) is 6.18. The van der Waals surface area contributed by atoms with Gasteiger partial charge in [-0.2, -0.15) is 0 Å². The first-order valence-electron chi connectivity index (χ1n) is 10.7. The van der Waals surface area contributed by atoms with Crippen LogP contribution < -0.4 is 5.32 Å². The summed E-state index contributed by atoms with van der Waals surface area (Å²) in [5, 5.41) is 12.0. The number of hydrogen-bond acceptors (Lipinski definition) is 7. The summed E-state index contributed by atoms with van der Waals surface area (Å²) in [7, 11) is 1.83. The summed E-state index contributed by atoms with van der Waals surface area (Å²) in [6.45, 7) is 6.86. The second kappa shape index (κ2) is 7.97. The Morgan fingerprint density at radius 3 is 2.77 bits per heavy atom. The van der Waals surface area contributed by atoms with Crippen molar-refractivity contribution in [2.75, 3.05) is 38.2 Å². The highest BCUT2D eigenvalue weighted by Gasteiger charge is 2.36. The van der Waals surface area contributed by atoms with Crippen molar-refractivity contribution in [1.82, 2.24) is 29.9 Å². The fourth-order valence-corrected chi connectivity index (χ4v) is 4.37. The van der Waals surface area contributed by atoms with Gasteiger partial charge in [-0.25, -0.2) is 9.97 Å². The summed E-state index contributed by atoms with van der Waals surface area (Å²) < 4.78 is 7.02. The Labute approximate surface area is 180 Å². The molecule has 4 heterocycles. The van der Waals surface area contributed by atoms with Gasteiger partial charge in [0.1, 0.15) is 5.69 Å². The van der Waals surface area contributed by atoms with Crippen LogP contribution in [0.4, 0.5) is 5.95 Å². The summed E-state index contributed by atoms with van der Waals surface area (Å²) in [6.07, 6.45) is 5.30. The van der Waals surface area contributed by atoms with Crippen LogP contribution in [-0.2, 0) is 16.6 Å². The molecule has 0 radical (unpaired) electrons. The highest BCUT2D eigenvalue weighted by molar-refractivity contribution is 5.92. The van der Waals surface area contributed by atoms with E-state index in [0.717, 1.165) is 67.8 Å². The average Bonchev–Trinajstić information content (AvgIpc) is 3.19. The van der Waals surface area contributed by atoms with Gasteiger partial charge in [0.15, 0.2) is 0 Å². The predicted octanol–water partition coefficient (Wildman–Crippen LogP) is 2.11. The minimum absolute atomic E-state index is 0.00210. The largest absolute Gasteiger partial charge is 0.380 e. The predicted molar refractivity (Wildman–Crippen MR) is 116 cm³/mol. The van der Waals surface area contributed by atoms with Crippen molar-refractivity contribution in [2.24, 2.45) is 18.4 Å². The van der Waals surface area contributed by atoms with Crippen molar-refractivity contribution in [3.63, 3.8) is 0 Å². The molecule has 3 aromatic rings. The molecule has 2 aliphatic heterocycles.